The van der Waals surface area contributed by atoms with Gasteiger partial charge in [0, 0.05) is 29.8 Å². The molecule has 2 aliphatic rings. The van der Waals surface area contributed by atoms with Crippen LogP contribution in [0.1, 0.15) is 25.7 Å². The molecular formula is C16H20ClN3O2. The first-order valence-corrected chi connectivity index (χ1v) is 8.11. The second-order valence-corrected chi connectivity index (χ2v) is 6.44. The predicted molar refractivity (Wildman–Crippen MR) is 85.9 cm³/mol. The number of likely N-dealkylation sites (tertiary alicyclic amines) is 1. The van der Waals surface area contributed by atoms with Crippen LogP contribution in [-0.4, -0.2) is 36.0 Å². The summed E-state index contributed by atoms with van der Waals surface area (Å²) in [6, 6.07) is 7.21. The molecule has 3 rings (SSSR count). The number of halogens is 1. The number of nitrogens with one attached hydrogen (secondary N) is 2. The first-order chi connectivity index (χ1) is 10.6. The summed E-state index contributed by atoms with van der Waals surface area (Å²) >= 11 is 5.83. The van der Waals surface area contributed by atoms with E-state index in [1.54, 1.807) is 29.2 Å². The maximum absolute atomic E-state index is 12.3. The van der Waals surface area contributed by atoms with E-state index >= 15 is 0 Å². The lowest BCUT2D eigenvalue weighted by Crippen LogP contribution is -2.47. The summed E-state index contributed by atoms with van der Waals surface area (Å²) in [6.07, 6.45) is 3.87. The van der Waals surface area contributed by atoms with Crippen LogP contribution in [0.5, 0.6) is 0 Å². The van der Waals surface area contributed by atoms with Gasteiger partial charge in [-0.1, -0.05) is 11.6 Å². The number of nitrogens with zero attached hydrogens (tertiary/aromatic N) is 1. The lowest BCUT2D eigenvalue weighted by molar-refractivity contribution is -0.126. The SMILES string of the molecule is O=C(NC1CC1)C1CCCN(C(=O)Nc2ccc(Cl)cc2)C1. The van der Waals surface area contributed by atoms with Crippen molar-refractivity contribution in [2.24, 2.45) is 5.92 Å². The van der Waals surface area contributed by atoms with E-state index in [0.29, 0.717) is 29.8 Å². The quantitative estimate of drug-likeness (QED) is 0.899. The van der Waals surface area contributed by atoms with Crippen molar-refractivity contribution in [2.75, 3.05) is 18.4 Å². The van der Waals surface area contributed by atoms with Crippen LogP contribution >= 0.6 is 11.6 Å². The Balaban J connectivity index is 1.55. The molecule has 0 spiro atoms. The first-order valence-electron chi connectivity index (χ1n) is 7.74. The minimum atomic E-state index is -0.161. The molecular weight excluding hydrogens is 302 g/mol. The van der Waals surface area contributed by atoms with Crippen molar-refractivity contribution in [3.05, 3.63) is 29.3 Å². The number of hydrogen-bond acceptors (Lipinski definition) is 2. The molecule has 2 N–H and O–H groups in total. The van der Waals surface area contributed by atoms with Gasteiger partial charge in [-0.05, 0) is 49.9 Å². The zero-order valence-electron chi connectivity index (χ0n) is 12.3. The normalized spacial score (nSPS) is 21.3. The van der Waals surface area contributed by atoms with Crippen LogP contribution in [0.2, 0.25) is 5.02 Å². The van der Waals surface area contributed by atoms with Crippen LogP contribution in [0.15, 0.2) is 24.3 Å². The molecule has 1 saturated heterocycles. The summed E-state index contributed by atoms with van der Waals surface area (Å²) in [5.74, 6) is -0.00295. The molecule has 118 valence electrons. The van der Waals surface area contributed by atoms with E-state index in [1.165, 1.54) is 0 Å². The molecule has 6 heteroatoms. The van der Waals surface area contributed by atoms with Gasteiger partial charge >= 0.3 is 6.03 Å². The fourth-order valence-electron chi connectivity index (χ4n) is 2.66. The predicted octanol–water partition coefficient (Wildman–Crippen LogP) is 2.86. The Kier molecular flexibility index (Phi) is 4.52. The highest BCUT2D eigenvalue weighted by Gasteiger charge is 2.31. The van der Waals surface area contributed by atoms with Crippen LogP contribution in [0.3, 0.4) is 0 Å². The average molecular weight is 322 g/mol. The van der Waals surface area contributed by atoms with Gasteiger partial charge < -0.3 is 15.5 Å². The van der Waals surface area contributed by atoms with E-state index in [1.807, 2.05) is 0 Å². The molecule has 1 saturated carbocycles. The highest BCUT2D eigenvalue weighted by Crippen LogP contribution is 2.23. The van der Waals surface area contributed by atoms with Gasteiger partial charge in [-0.15, -0.1) is 0 Å². The van der Waals surface area contributed by atoms with Crippen molar-refractivity contribution in [1.29, 1.82) is 0 Å². The largest absolute Gasteiger partial charge is 0.353 e. The van der Waals surface area contributed by atoms with Crippen LogP contribution in [-0.2, 0) is 4.79 Å². The third kappa shape index (κ3) is 3.91. The van der Waals surface area contributed by atoms with Crippen molar-refractivity contribution in [2.45, 2.75) is 31.7 Å². The fourth-order valence-corrected chi connectivity index (χ4v) is 2.78. The molecule has 1 heterocycles. The number of urea groups is 1. The highest BCUT2D eigenvalue weighted by atomic mass is 35.5. The lowest BCUT2D eigenvalue weighted by atomic mass is 9.97. The Labute approximate surface area is 135 Å². The Bertz CT molecular complexity index is 557. The summed E-state index contributed by atoms with van der Waals surface area (Å²) in [7, 11) is 0. The molecule has 2 fully saturated rings. The number of rotatable bonds is 3. The molecule has 1 aromatic rings. The summed E-state index contributed by atoms with van der Waals surface area (Å²) in [6.45, 7) is 1.17. The van der Waals surface area contributed by atoms with Gasteiger partial charge in [0.1, 0.15) is 0 Å². The van der Waals surface area contributed by atoms with Crippen molar-refractivity contribution >= 4 is 29.2 Å². The van der Waals surface area contributed by atoms with Gasteiger partial charge in [0.05, 0.1) is 5.92 Å². The maximum atomic E-state index is 12.3. The number of hydrogen-bond donors (Lipinski definition) is 2. The molecule has 5 nitrogen and oxygen atoms in total. The van der Waals surface area contributed by atoms with Gasteiger partial charge in [-0.2, -0.15) is 0 Å². The van der Waals surface area contributed by atoms with Gasteiger partial charge in [0.2, 0.25) is 5.91 Å². The number of amides is 3. The fraction of sp³-hybridized carbons (Fsp3) is 0.500. The number of anilines is 1. The molecule has 1 aromatic carbocycles. The van der Waals surface area contributed by atoms with Crippen LogP contribution < -0.4 is 10.6 Å². The third-order valence-electron chi connectivity index (χ3n) is 4.10. The zero-order chi connectivity index (χ0) is 15.5. The lowest BCUT2D eigenvalue weighted by Gasteiger charge is -2.32. The number of carbonyl (C=O) groups is 2. The van der Waals surface area contributed by atoms with E-state index in [4.69, 9.17) is 11.6 Å². The standard InChI is InChI=1S/C16H20ClN3O2/c17-12-3-5-14(6-4-12)19-16(22)20-9-1-2-11(10-20)15(21)18-13-7-8-13/h3-6,11,13H,1-2,7-10H2,(H,18,21)(H,19,22). The average Bonchev–Trinajstić information content (AvgIpc) is 3.33. The molecule has 22 heavy (non-hydrogen) atoms. The van der Waals surface area contributed by atoms with Crippen molar-refractivity contribution in [3.63, 3.8) is 0 Å². The molecule has 0 radical (unpaired) electrons. The monoisotopic (exact) mass is 321 g/mol. The second kappa shape index (κ2) is 6.57. The van der Waals surface area contributed by atoms with Gasteiger partial charge in [-0.3, -0.25) is 4.79 Å². The number of carbonyl (C=O) groups excluding carboxylic acids is 2. The minimum Gasteiger partial charge on any atom is -0.353 e. The van der Waals surface area contributed by atoms with Crippen molar-refractivity contribution < 1.29 is 9.59 Å². The first kappa shape index (κ1) is 15.2. The van der Waals surface area contributed by atoms with Gasteiger partial charge in [0.25, 0.3) is 0 Å². The van der Waals surface area contributed by atoms with E-state index in [-0.39, 0.29) is 17.9 Å². The molecule has 3 amide bonds. The Morgan fingerprint density at radius 1 is 1.14 bits per heavy atom. The molecule has 0 bridgehead atoms. The van der Waals surface area contributed by atoms with Gasteiger partial charge in [0.15, 0.2) is 0 Å². The minimum absolute atomic E-state index is 0.0893. The van der Waals surface area contributed by atoms with E-state index in [9.17, 15) is 9.59 Å². The summed E-state index contributed by atoms with van der Waals surface area (Å²) in [5.41, 5.74) is 0.707. The van der Waals surface area contributed by atoms with Crippen LogP contribution in [0, 0.1) is 5.92 Å². The van der Waals surface area contributed by atoms with E-state index in [2.05, 4.69) is 10.6 Å². The van der Waals surface area contributed by atoms with E-state index in [0.717, 1.165) is 25.7 Å². The van der Waals surface area contributed by atoms with Crippen molar-refractivity contribution in [3.8, 4) is 0 Å². The number of benzene rings is 1. The third-order valence-corrected chi connectivity index (χ3v) is 4.35. The summed E-state index contributed by atoms with van der Waals surface area (Å²) in [5, 5.41) is 6.51. The second-order valence-electron chi connectivity index (χ2n) is 6.01. The molecule has 1 atom stereocenters. The van der Waals surface area contributed by atoms with Crippen molar-refractivity contribution in [1.82, 2.24) is 10.2 Å². The molecule has 1 aliphatic carbocycles. The topological polar surface area (TPSA) is 61.4 Å². The summed E-state index contributed by atoms with van der Waals surface area (Å²) in [4.78, 5) is 26.2. The van der Waals surface area contributed by atoms with Gasteiger partial charge in [-0.25, -0.2) is 4.79 Å². The molecule has 0 aromatic heterocycles. The Hall–Kier alpha value is -1.75. The molecule has 1 unspecified atom stereocenters. The van der Waals surface area contributed by atoms with Crippen LogP contribution in [0.4, 0.5) is 10.5 Å². The van der Waals surface area contributed by atoms with E-state index < -0.39 is 0 Å². The number of piperidine rings is 1. The maximum Gasteiger partial charge on any atom is 0.321 e. The highest BCUT2D eigenvalue weighted by molar-refractivity contribution is 6.30. The molecule has 1 aliphatic heterocycles. The van der Waals surface area contributed by atoms with Crippen LogP contribution in [0.25, 0.3) is 0 Å². The summed E-state index contributed by atoms with van der Waals surface area (Å²) < 4.78 is 0. The smallest absolute Gasteiger partial charge is 0.321 e. The zero-order valence-corrected chi connectivity index (χ0v) is 13.1. The Morgan fingerprint density at radius 2 is 1.86 bits per heavy atom. The Morgan fingerprint density at radius 3 is 2.55 bits per heavy atom.